The van der Waals surface area contributed by atoms with Crippen molar-refractivity contribution in [1.82, 2.24) is 0 Å². The van der Waals surface area contributed by atoms with Crippen LogP contribution in [0.1, 0.15) is 46.0 Å². The van der Waals surface area contributed by atoms with E-state index in [0.29, 0.717) is 6.42 Å². The minimum Gasteiger partial charge on any atom is -0.547 e. The number of allylic oxidation sites excluding steroid dienone is 4. The van der Waals surface area contributed by atoms with Gasteiger partial charge in [0.25, 0.3) is 0 Å². The van der Waals surface area contributed by atoms with Crippen molar-refractivity contribution < 1.29 is 24.9 Å². The van der Waals surface area contributed by atoms with Crippen LogP contribution in [0.2, 0.25) is 0 Å². The quantitative estimate of drug-likeness (QED) is 0.731. The number of ketones is 1. The lowest BCUT2D eigenvalue weighted by Crippen LogP contribution is -2.63. The molecule has 3 fully saturated rings. The lowest BCUT2D eigenvalue weighted by molar-refractivity contribution is -0.334. The Morgan fingerprint density at radius 3 is 2.72 bits per heavy atom. The first-order valence-corrected chi connectivity index (χ1v) is 9.19. The molecular weight excluding hydrogens is 320 g/mol. The number of aliphatic hydroxyl groups is 2. The molecule has 7 atom stereocenters. The van der Waals surface area contributed by atoms with E-state index in [1.807, 2.05) is 6.08 Å². The van der Waals surface area contributed by atoms with Gasteiger partial charge in [0.15, 0.2) is 5.78 Å². The van der Waals surface area contributed by atoms with Crippen molar-refractivity contribution >= 4 is 11.8 Å². The Morgan fingerprint density at radius 2 is 2.04 bits per heavy atom. The second-order valence-electron chi connectivity index (χ2n) is 8.90. The molecule has 4 rings (SSSR count). The molecule has 0 radical (unpaired) electrons. The number of aliphatic carboxylic acids is 1. The summed E-state index contributed by atoms with van der Waals surface area (Å²) in [6, 6.07) is 0. The van der Waals surface area contributed by atoms with E-state index in [2.05, 4.69) is 6.92 Å². The van der Waals surface area contributed by atoms with Crippen LogP contribution in [0.3, 0.4) is 0 Å². The van der Waals surface area contributed by atoms with Crippen LogP contribution in [-0.2, 0) is 9.59 Å². The van der Waals surface area contributed by atoms with Gasteiger partial charge in [-0.05, 0) is 56.1 Å². The molecule has 0 unspecified atom stereocenters. The number of carbonyl (C=O) groups excluding carboxylic acids is 2. The van der Waals surface area contributed by atoms with Gasteiger partial charge >= 0.3 is 0 Å². The molecular formula is C20H25O5-. The normalized spacial score (nSPS) is 51.4. The van der Waals surface area contributed by atoms with Crippen molar-refractivity contribution in [3.05, 3.63) is 23.8 Å². The predicted molar refractivity (Wildman–Crippen MR) is 88.0 cm³/mol. The molecule has 0 spiro atoms. The summed E-state index contributed by atoms with van der Waals surface area (Å²) in [5.74, 6) is -1.32. The van der Waals surface area contributed by atoms with E-state index in [0.717, 1.165) is 18.4 Å². The Bertz CT molecular complexity index is 709. The fraction of sp³-hybridized carbons (Fsp3) is 0.700. The van der Waals surface area contributed by atoms with Crippen molar-refractivity contribution in [1.29, 1.82) is 0 Å². The third-order valence-electron chi connectivity index (χ3n) is 7.99. The van der Waals surface area contributed by atoms with Crippen LogP contribution >= 0.6 is 0 Å². The summed E-state index contributed by atoms with van der Waals surface area (Å²) in [5, 5.41) is 33.5. The first-order chi connectivity index (χ1) is 11.6. The highest BCUT2D eigenvalue weighted by Gasteiger charge is 2.66. The van der Waals surface area contributed by atoms with Crippen molar-refractivity contribution in [2.45, 2.75) is 57.7 Å². The Balaban J connectivity index is 1.76. The van der Waals surface area contributed by atoms with Crippen LogP contribution in [0.25, 0.3) is 0 Å². The third-order valence-corrected chi connectivity index (χ3v) is 7.99. The lowest BCUT2D eigenvalue weighted by Gasteiger charge is -2.60. The Kier molecular flexibility index (Phi) is 3.42. The first kappa shape index (κ1) is 17.0. The minimum absolute atomic E-state index is 0.00624. The van der Waals surface area contributed by atoms with E-state index in [1.165, 1.54) is 0 Å². The molecule has 0 aromatic rings. The summed E-state index contributed by atoms with van der Waals surface area (Å²) in [5.41, 5.74) is -2.06. The molecule has 0 aliphatic heterocycles. The highest BCUT2D eigenvalue weighted by atomic mass is 16.4. The third kappa shape index (κ3) is 1.97. The maximum atomic E-state index is 11.8. The van der Waals surface area contributed by atoms with Crippen LogP contribution in [0.5, 0.6) is 0 Å². The van der Waals surface area contributed by atoms with Crippen molar-refractivity contribution in [3.8, 4) is 0 Å². The smallest absolute Gasteiger partial charge is 0.178 e. The fourth-order valence-electron chi connectivity index (χ4n) is 6.67. The predicted octanol–water partition coefficient (Wildman–Crippen LogP) is 0.746. The average molecular weight is 345 g/mol. The maximum absolute atomic E-state index is 11.8. The topological polar surface area (TPSA) is 97.7 Å². The summed E-state index contributed by atoms with van der Waals surface area (Å²) in [4.78, 5) is 23.4. The van der Waals surface area contributed by atoms with Gasteiger partial charge in [0.2, 0.25) is 0 Å². The Morgan fingerprint density at radius 1 is 1.32 bits per heavy atom. The van der Waals surface area contributed by atoms with E-state index < -0.39 is 23.1 Å². The Labute approximate surface area is 147 Å². The molecule has 0 bridgehead atoms. The van der Waals surface area contributed by atoms with E-state index in [9.17, 15) is 24.9 Å². The molecule has 4 aliphatic rings. The van der Waals surface area contributed by atoms with Crippen LogP contribution < -0.4 is 5.11 Å². The molecule has 0 aromatic heterocycles. The van der Waals surface area contributed by atoms with Crippen LogP contribution in [0, 0.1) is 28.6 Å². The fourth-order valence-corrected chi connectivity index (χ4v) is 6.67. The number of fused-ring (bicyclic) bond motifs is 5. The number of rotatable bonds is 1. The number of carbonyl (C=O) groups is 2. The molecule has 25 heavy (non-hydrogen) atoms. The second kappa shape index (κ2) is 5.04. The average Bonchev–Trinajstić information content (AvgIpc) is 2.80. The van der Waals surface area contributed by atoms with Gasteiger partial charge in [0, 0.05) is 16.7 Å². The molecule has 0 heterocycles. The van der Waals surface area contributed by atoms with Gasteiger partial charge in [0.1, 0.15) is 5.60 Å². The number of carboxylic acid groups (broad SMARTS) is 1. The summed E-state index contributed by atoms with van der Waals surface area (Å²) >= 11 is 0. The zero-order chi connectivity index (χ0) is 18.2. The van der Waals surface area contributed by atoms with E-state index >= 15 is 0 Å². The molecule has 3 saturated carbocycles. The van der Waals surface area contributed by atoms with E-state index in [-0.39, 0.29) is 41.8 Å². The number of carboxylic acids is 1. The van der Waals surface area contributed by atoms with Crippen molar-refractivity contribution in [2.75, 3.05) is 0 Å². The summed E-state index contributed by atoms with van der Waals surface area (Å²) in [7, 11) is 0. The minimum atomic E-state index is -1.88. The van der Waals surface area contributed by atoms with Crippen LogP contribution in [0.4, 0.5) is 0 Å². The van der Waals surface area contributed by atoms with Gasteiger partial charge in [-0.25, -0.2) is 0 Å². The summed E-state index contributed by atoms with van der Waals surface area (Å²) in [6.45, 7) is 3.87. The van der Waals surface area contributed by atoms with Gasteiger partial charge < -0.3 is 20.1 Å². The van der Waals surface area contributed by atoms with Crippen molar-refractivity contribution in [3.63, 3.8) is 0 Å². The molecule has 0 saturated heterocycles. The van der Waals surface area contributed by atoms with Crippen LogP contribution in [0.15, 0.2) is 23.8 Å². The molecule has 0 aromatic carbocycles. The molecule has 0 amide bonds. The maximum Gasteiger partial charge on any atom is 0.178 e. The summed E-state index contributed by atoms with van der Waals surface area (Å²) in [6.07, 6.45) is 7.13. The van der Waals surface area contributed by atoms with E-state index in [1.54, 1.807) is 19.1 Å². The molecule has 2 N–H and O–H groups in total. The number of hydrogen-bond acceptors (Lipinski definition) is 5. The number of aliphatic hydroxyl groups excluding tert-OH is 1. The van der Waals surface area contributed by atoms with Crippen molar-refractivity contribution in [2.24, 2.45) is 28.6 Å². The second-order valence-corrected chi connectivity index (χ2v) is 8.90. The lowest BCUT2D eigenvalue weighted by atomic mass is 9.46. The first-order valence-electron chi connectivity index (χ1n) is 9.19. The highest BCUT2D eigenvalue weighted by molar-refractivity contribution is 6.01. The van der Waals surface area contributed by atoms with Gasteiger partial charge in [-0.2, -0.15) is 0 Å². The SMILES string of the molecule is C[C@]12C=CC(=O)C=C1CC[C@@H]1[C@H]2[C@H](O)C[C@]2(C)[C@@H]1CC[C@]2(O)C(=O)[O-]. The number of hydrogen-bond donors (Lipinski definition) is 2. The van der Waals surface area contributed by atoms with Gasteiger partial charge in [-0.1, -0.05) is 25.5 Å². The molecule has 5 heteroatoms. The standard InChI is InChI=1S/C20H26O5/c1-18-7-5-12(21)9-11(18)3-4-13-14-6-8-20(25,17(23)24)19(14,2)10-15(22)16(13)18/h5,7,9,13-16,22,25H,3-4,6,8,10H2,1-2H3,(H,23,24)/p-1/t13-,14+,15+,16-,18-,19+,20-/m0/s1. The van der Waals surface area contributed by atoms with Gasteiger partial charge in [0.05, 0.1) is 12.1 Å². The van der Waals surface area contributed by atoms with Gasteiger partial charge in [-0.15, -0.1) is 0 Å². The van der Waals surface area contributed by atoms with E-state index in [4.69, 9.17) is 0 Å². The molecule has 5 nitrogen and oxygen atoms in total. The monoisotopic (exact) mass is 345 g/mol. The van der Waals surface area contributed by atoms with Gasteiger partial charge in [-0.3, -0.25) is 4.79 Å². The Hall–Kier alpha value is -1.46. The highest BCUT2D eigenvalue weighted by Crippen LogP contribution is 2.66. The molecule has 4 aliphatic carbocycles. The zero-order valence-corrected chi connectivity index (χ0v) is 14.7. The van der Waals surface area contributed by atoms with Crippen LogP contribution in [-0.4, -0.2) is 33.7 Å². The summed E-state index contributed by atoms with van der Waals surface area (Å²) < 4.78 is 0. The molecule has 136 valence electrons. The zero-order valence-electron chi connectivity index (χ0n) is 14.7. The largest absolute Gasteiger partial charge is 0.547 e.